The number of nitrogens with zero attached hydrogens (tertiary/aromatic N) is 1. The van der Waals surface area contributed by atoms with Crippen LogP contribution in [0.2, 0.25) is 0 Å². The molecule has 0 saturated carbocycles. The zero-order valence-corrected chi connectivity index (χ0v) is 21.6. The van der Waals surface area contributed by atoms with E-state index in [1.54, 1.807) is 0 Å². The van der Waals surface area contributed by atoms with Gasteiger partial charge in [0.1, 0.15) is 0 Å². The number of aromatic nitrogens is 1. The minimum absolute atomic E-state index is 0.0681. The van der Waals surface area contributed by atoms with E-state index in [0.29, 0.717) is 0 Å². The Morgan fingerprint density at radius 2 is 1.11 bits per heavy atom. The summed E-state index contributed by atoms with van der Waals surface area (Å²) in [5.74, 6) is 0. The standard InChI is InChI=1S/C37H27N/c1-37(2)31-22-18-26-12-6-7-13-28(26)34(31)35-32(37)23-21-30-29-14-8-9-15-33(29)38(36(30)35)27-19-16-25(17-20-27)24-10-4-3-5-11-24/h3-23H,1-2H3. The SMILES string of the molecule is CC1(C)c2ccc3ccccc3c2-c2c1ccc1c3ccccc3n(-c3ccc(-c4ccccc4)cc3)c21. The molecule has 1 heterocycles. The average Bonchev–Trinajstić information content (AvgIpc) is 3.43. The molecule has 0 radical (unpaired) electrons. The molecule has 8 rings (SSSR count). The lowest BCUT2D eigenvalue weighted by Crippen LogP contribution is -2.14. The van der Waals surface area contributed by atoms with Crippen LogP contribution in [-0.2, 0) is 5.41 Å². The second-order valence-corrected chi connectivity index (χ2v) is 11.0. The van der Waals surface area contributed by atoms with Crippen LogP contribution in [-0.4, -0.2) is 4.57 Å². The molecule has 6 aromatic carbocycles. The molecule has 1 nitrogen and oxygen atoms in total. The summed E-state index contributed by atoms with van der Waals surface area (Å²) in [6.45, 7) is 4.75. The van der Waals surface area contributed by atoms with Crippen LogP contribution in [0.3, 0.4) is 0 Å². The summed E-state index contributed by atoms with van der Waals surface area (Å²) in [5, 5.41) is 5.23. The molecule has 1 heteroatoms. The number of benzene rings is 6. The van der Waals surface area contributed by atoms with Gasteiger partial charge in [-0.15, -0.1) is 0 Å². The van der Waals surface area contributed by atoms with Gasteiger partial charge >= 0.3 is 0 Å². The van der Waals surface area contributed by atoms with Crippen molar-refractivity contribution in [3.05, 3.63) is 139 Å². The van der Waals surface area contributed by atoms with Crippen molar-refractivity contribution < 1.29 is 0 Å². The van der Waals surface area contributed by atoms with Crippen molar-refractivity contribution in [1.82, 2.24) is 4.57 Å². The molecule has 0 bridgehead atoms. The molecule has 0 fully saturated rings. The highest BCUT2D eigenvalue weighted by molar-refractivity contribution is 6.18. The Labute approximate surface area is 222 Å². The molecule has 180 valence electrons. The summed E-state index contributed by atoms with van der Waals surface area (Å²) in [4.78, 5) is 0. The lowest BCUT2D eigenvalue weighted by molar-refractivity contribution is 0.661. The van der Waals surface area contributed by atoms with Crippen LogP contribution in [0.1, 0.15) is 25.0 Å². The monoisotopic (exact) mass is 485 g/mol. The Morgan fingerprint density at radius 1 is 0.474 bits per heavy atom. The van der Waals surface area contributed by atoms with Gasteiger partial charge in [-0.25, -0.2) is 0 Å². The van der Waals surface area contributed by atoms with E-state index in [-0.39, 0.29) is 5.41 Å². The first-order valence-corrected chi connectivity index (χ1v) is 13.4. The van der Waals surface area contributed by atoms with Crippen LogP contribution in [0.15, 0.2) is 127 Å². The molecular formula is C37H27N. The maximum Gasteiger partial charge on any atom is 0.0622 e. The molecule has 0 aliphatic heterocycles. The van der Waals surface area contributed by atoms with E-state index < -0.39 is 0 Å². The zero-order valence-electron chi connectivity index (χ0n) is 21.6. The summed E-state index contributed by atoms with van der Waals surface area (Å²) in [6, 6.07) is 46.7. The topological polar surface area (TPSA) is 4.93 Å². The number of fused-ring (bicyclic) bond motifs is 9. The summed E-state index contributed by atoms with van der Waals surface area (Å²) in [6.07, 6.45) is 0. The maximum absolute atomic E-state index is 2.49. The van der Waals surface area contributed by atoms with Crippen molar-refractivity contribution in [2.24, 2.45) is 0 Å². The fraction of sp³-hybridized carbons (Fsp3) is 0.0811. The first kappa shape index (κ1) is 21.5. The first-order valence-electron chi connectivity index (χ1n) is 13.4. The van der Waals surface area contributed by atoms with Crippen LogP contribution in [0.5, 0.6) is 0 Å². The second-order valence-electron chi connectivity index (χ2n) is 11.0. The largest absolute Gasteiger partial charge is 0.309 e. The van der Waals surface area contributed by atoms with Gasteiger partial charge in [0.2, 0.25) is 0 Å². The molecular weight excluding hydrogens is 458 g/mol. The summed E-state index contributed by atoms with van der Waals surface area (Å²) >= 11 is 0. The number of rotatable bonds is 2. The van der Waals surface area contributed by atoms with Crippen LogP contribution >= 0.6 is 0 Å². The Bertz CT molecular complexity index is 2020. The average molecular weight is 486 g/mol. The molecule has 0 amide bonds. The predicted octanol–water partition coefficient (Wildman–Crippen LogP) is 9.91. The Balaban J connectivity index is 1.50. The van der Waals surface area contributed by atoms with Gasteiger partial charge < -0.3 is 4.57 Å². The van der Waals surface area contributed by atoms with Crippen molar-refractivity contribution in [3.63, 3.8) is 0 Å². The number of para-hydroxylation sites is 1. The third-order valence-corrected chi connectivity index (χ3v) is 8.59. The van der Waals surface area contributed by atoms with Gasteiger partial charge in [-0.2, -0.15) is 0 Å². The summed E-state index contributed by atoms with van der Waals surface area (Å²) in [7, 11) is 0. The van der Waals surface area contributed by atoms with E-state index >= 15 is 0 Å². The van der Waals surface area contributed by atoms with Crippen molar-refractivity contribution in [2.75, 3.05) is 0 Å². The van der Waals surface area contributed by atoms with E-state index in [0.717, 1.165) is 0 Å². The van der Waals surface area contributed by atoms with Gasteiger partial charge in [0.15, 0.2) is 0 Å². The lowest BCUT2D eigenvalue weighted by atomic mass is 9.82. The quantitative estimate of drug-likeness (QED) is 0.230. The minimum atomic E-state index is -0.0681. The van der Waals surface area contributed by atoms with E-state index in [4.69, 9.17) is 0 Å². The summed E-state index contributed by atoms with van der Waals surface area (Å²) in [5.41, 5.74) is 11.7. The van der Waals surface area contributed by atoms with E-state index in [9.17, 15) is 0 Å². The smallest absolute Gasteiger partial charge is 0.0622 e. The zero-order chi connectivity index (χ0) is 25.4. The van der Waals surface area contributed by atoms with E-state index in [1.165, 1.54) is 71.6 Å². The highest BCUT2D eigenvalue weighted by atomic mass is 15.0. The Morgan fingerprint density at radius 3 is 1.92 bits per heavy atom. The highest BCUT2D eigenvalue weighted by Gasteiger charge is 2.38. The normalized spacial score (nSPS) is 13.7. The third-order valence-electron chi connectivity index (χ3n) is 8.59. The predicted molar refractivity (Wildman–Crippen MR) is 161 cm³/mol. The van der Waals surface area contributed by atoms with Gasteiger partial charge in [-0.05, 0) is 56.8 Å². The fourth-order valence-corrected chi connectivity index (χ4v) is 6.74. The molecule has 0 N–H and O–H groups in total. The third kappa shape index (κ3) is 2.82. The van der Waals surface area contributed by atoms with E-state index in [2.05, 4.69) is 146 Å². The van der Waals surface area contributed by atoms with Gasteiger partial charge in [0.25, 0.3) is 0 Å². The highest BCUT2D eigenvalue weighted by Crippen LogP contribution is 2.54. The molecule has 0 unspecified atom stereocenters. The van der Waals surface area contributed by atoms with Gasteiger partial charge in [0, 0.05) is 27.4 Å². The fourth-order valence-electron chi connectivity index (χ4n) is 6.74. The second kappa shape index (κ2) is 7.69. The molecule has 1 aliphatic carbocycles. The first-order chi connectivity index (χ1) is 18.6. The Kier molecular flexibility index (Phi) is 4.35. The molecule has 1 aliphatic rings. The summed E-state index contributed by atoms with van der Waals surface area (Å²) < 4.78 is 2.49. The van der Waals surface area contributed by atoms with Crippen molar-refractivity contribution in [2.45, 2.75) is 19.3 Å². The van der Waals surface area contributed by atoms with Gasteiger partial charge in [-0.3, -0.25) is 0 Å². The molecule has 0 spiro atoms. The van der Waals surface area contributed by atoms with Crippen LogP contribution < -0.4 is 0 Å². The van der Waals surface area contributed by atoms with Gasteiger partial charge in [0.05, 0.1) is 11.0 Å². The Hall–Kier alpha value is -4.62. The van der Waals surface area contributed by atoms with E-state index in [1.807, 2.05) is 0 Å². The number of hydrogen-bond acceptors (Lipinski definition) is 0. The molecule has 7 aromatic rings. The van der Waals surface area contributed by atoms with Crippen LogP contribution in [0, 0.1) is 0 Å². The molecule has 1 aromatic heterocycles. The maximum atomic E-state index is 2.49. The van der Waals surface area contributed by atoms with Crippen molar-refractivity contribution in [1.29, 1.82) is 0 Å². The van der Waals surface area contributed by atoms with Crippen LogP contribution in [0.25, 0.3) is 60.5 Å². The van der Waals surface area contributed by atoms with Crippen LogP contribution in [0.4, 0.5) is 0 Å². The van der Waals surface area contributed by atoms with Crippen molar-refractivity contribution >= 4 is 32.6 Å². The molecule has 0 saturated heterocycles. The number of hydrogen-bond donors (Lipinski definition) is 0. The lowest BCUT2D eigenvalue weighted by Gasteiger charge is -2.21. The van der Waals surface area contributed by atoms with Gasteiger partial charge in [-0.1, -0.05) is 123 Å². The van der Waals surface area contributed by atoms with Crippen molar-refractivity contribution in [3.8, 4) is 27.9 Å². The minimum Gasteiger partial charge on any atom is -0.309 e. The molecule has 38 heavy (non-hydrogen) atoms. The molecule has 0 atom stereocenters.